The Morgan fingerprint density at radius 3 is 2.31 bits per heavy atom. The van der Waals surface area contributed by atoms with E-state index in [4.69, 9.17) is 11.6 Å². The smallest absolute Gasteiger partial charge is 0.351 e. The summed E-state index contributed by atoms with van der Waals surface area (Å²) >= 11 is 5.96. The second kappa shape index (κ2) is 6.53. The van der Waals surface area contributed by atoms with Crippen molar-refractivity contribution in [1.82, 2.24) is 19.9 Å². The number of alkyl halides is 3. The van der Waals surface area contributed by atoms with Crippen LogP contribution in [0.15, 0.2) is 18.3 Å². The molecule has 6 nitrogen and oxygen atoms in total. The first-order chi connectivity index (χ1) is 12.4. The van der Waals surface area contributed by atoms with E-state index in [0.717, 1.165) is 12.3 Å². The minimum Gasteiger partial charge on any atom is -0.351 e. The van der Waals surface area contributed by atoms with Crippen molar-refractivity contribution in [2.24, 2.45) is 11.8 Å². The fraction of sp³-hybridized carbons (Fsp3) is 0.500. The van der Waals surface area contributed by atoms with Crippen LogP contribution >= 0.6 is 11.6 Å². The van der Waals surface area contributed by atoms with Crippen LogP contribution in [-0.2, 0) is 6.18 Å². The van der Waals surface area contributed by atoms with Crippen LogP contribution in [0.2, 0.25) is 5.28 Å². The zero-order valence-electron chi connectivity index (χ0n) is 13.6. The highest BCUT2D eigenvalue weighted by molar-refractivity contribution is 6.28. The minimum absolute atomic E-state index is 0.0274. The number of aromatic nitrogens is 4. The molecular formula is C16H16ClF3N6. The van der Waals surface area contributed by atoms with Gasteiger partial charge in [0.25, 0.3) is 0 Å². The number of pyridine rings is 1. The molecule has 0 radical (unpaired) electrons. The quantitative estimate of drug-likeness (QED) is 0.774. The number of nitrogens with one attached hydrogen (secondary N) is 2. The van der Waals surface area contributed by atoms with Crippen LogP contribution in [0.25, 0.3) is 0 Å². The molecule has 138 valence electrons. The summed E-state index contributed by atoms with van der Waals surface area (Å²) in [4.78, 5) is 15.6. The normalized spacial score (nSPS) is 17.4. The summed E-state index contributed by atoms with van der Waals surface area (Å²) in [5.74, 6) is 1.67. The van der Waals surface area contributed by atoms with Gasteiger partial charge in [0, 0.05) is 17.9 Å². The van der Waals surface area contributed by atoms with E-state index in [1.807, 2.05) is 0 Å². The van der Waals surface area contributed by atoms with Crippen molar-refractivity contribution in [2.45, 2.75) is 37.9 Å². The van der Waals surface area contributed by atoms with Crippen LogP contribution in [0, 0.1) is 11.8 Å². The van der Waals surface area contributed by atoms with E-state index in [9.17, 15) is 13.2 Å². The summed E-state index contributed by atoms with van der Waals surface area (Å²) in [6.45, 7) is 0. The Bertz CT molecular complexity index is 795. The molecule has 2 fully saturated rings. The van der Waals surface area contributed by atoms with Gasteiger partial charge >= 0.3 is 6.18 Å². The molecule has 2 saturated carbocycles. The Morgan fingerprint density at radius 1 is 1.04 bits per heavy atom. The van der Waals surface area contributed by atoms with E-state index < -0.39 is 11.9 Å². The first kappa shape index (κ1) is 17.3. The van der Waals surface area contributed by atoms with Gasteiger partial charge in [-0.2, -0.15) is 28.1 Å². The lowest BCUT2D eigenvalue weighted by atomic mass is 10.1. The first-order valence-corrected chi connectivity index (χ1v) is 8.75. The maximum Gasteiger partial charge on any atom is 0.433 e. The Morgan fingerprint density at radius 2 is 1.69 bits per heavy atom. The molecule has 2 aliphatic rings. The zero-order valence-corrected chi connectivity index (χ0v) is 14.3. The summed E-state index contributed by atoms with van der Waals surface area (Å²) in [6.07, 6.45) is 1.31. The molecule has 10 heteroatoms. The summed E-state index contributed by atoms with van der Waals surface area (Å²) in [5.41, 5.74) is -0.829. The third-order valence-corrected chi connectivity index (χ3v) is 4.64. The van der Waals surface area contributed by atoms with Crippen LogP contribution in [-0.4, -0.2) is 26.0 Å². The molecule has 2 N–H and O–H groups in total. The molecule has 0 aliphatic heterocycles. The molecule has 0 bridgehead atoms. The number of hydrogen-bond acceptors (Lipinski definition) is 6. The molecule has 2 aromatic rings. The lowest BCUT2D eigenvalue weighted by molar-refractivity contribution is -0.141. The molecule has 2 heterocycles. The third kappa shape index (κ3) is 4.14. The largest absolute Gasteiger partial charge is 0.433 e. The first-order valence-electron chi connectivity index (χ1n) is 8.37. The molecule has 4 rings (SSSR count). The number of halogens is 4. The molecule has 0 atom stereocenters. The second-order valence-corrected chi connectivity index (χ2v) is 6.99. The highest BCUT2D eigenvalue weighted by atomic mass is 35.5. The molecule has 0 saturated heterocycles. The number of anilines is 3. The van der Waals surface area contributed by atoms with Crippen molar-refractivity contribution in [3.63, 3.8) is 0 Å². The topological polar surface area (TPSA) is 75.6 Å². The average Bonchev–Trinajstić information content (AvgIpc) is 3.45. The molecule has 2 aliphatic carbocycles. The van der Waals surface area contributed by atoms with Crippen molar-refractivity contribution in [2.75, 3.05) is 10.6 Å². The van der Waals surface area contributed by atoms with Gasteiger partial charge in [0.1, 0.15) is 5.69 Å². The Kier molecular flexibility index (Phi) is 4.34. The lowest BCUT2D eigenvalue weighted by Gasteiger charge is -2.18. The summed E-state index contributed by atoms with van der Waals surface area (Å²) < 4.78 is 38.3. The van der Waals surface area contributed by atoms with E-state index in [1.54, 1.807) is 0 Å². The Hall–Kier alpha value is -2.16. The van der Waals surface area contributed by atoms with Gasteiger partial charge in [-0.1, -0.05) is 0 Å². The predicted octanol–water partition coefficient (Wildman–Crippen LogP) is 4.28. The van der Waals surface area contributed by atoms with Crippen LogP contribution in [0.3, 0.4) is 0 Å². The van der Waals surface area contributed by atoms with Crippen LogP contribution < -0.4 is 10.6 Å². The highest BCUT2D eigenvalue weighted by Crippen LogP contribution is 2.45. The molecular weight excluding hydrogens is 369 g/mol. The van der Waals surface area contributed by atoms with Gasteiger partial charge in [-0.3, -0.25) is 4.98 Å². The summed E-state index contributed by atoms with van der Waals surface area (Å²) in [7, 11) is 0. The SMILES string of the molecule is FC(F)(F)c1cc(Nc2nc(Cl)nc(NC(C3CC3)C3CC3)n2)ccn1. The van der Waals surface area contributed by atoms with E-state index in [-0.39, 0.29) is 16.9 Å². The van der Waals surface area contributed by atoms with E-state index in [2.05, 4.69) is 30.6 Å². The van der Waals surface area contributed by atoms with Gasteiger partial charge in [0.2, 0.25) is 17.2 Å². The molecule has 0 unspecified atom stereocenters. The van der Waals surface area contributed by atoms with E-state index in [1.165, 1.54) is 31.7 Å². The third-order valence-electron chi connectivity index (χ3n) is 4.47. The predicted molar refractivity (Wildman–Crippen MR) is 90.2 cm³/mol. The second-order valence-electron chi connectivity index (χ2n) is 6.65. The highest BCUT2D eigenvalue weighted by Gasteiger charge is 2.41. The van der Waals surface area contributed by atoms with E-state index >= 15 is 0 Å². The Balaban J connectivity index is 1.53. The molecule has 2 aromatic heterocycles. The molecule has 0 amide bonds. The maximum absolute atomic E-state index is 12.8. The van der Waals surface area contributed by atoms with Gasteiger partial charge in [-0.15, -0.1) is 0 Å². The fourth-order valence-electron chi connectivity index (χ4n) is 2.94. The van der Waals surface area contributed by atoms with Gasteiger partial charge in [0.05, 0.1) is 0 Å². The van der Waals surface area contributed by atoms with Crippen molar-refractivity contribution >= 4 is 29.2 Å². The lowest BCUT2D eigenvalue weighted by Crippen LogP contribution is -2.25. The average molecular weight is 385 g/mol. The summed E-state index contributed by atoms with van der Waals surface area (Å²) in [5, 5.41) is 6.03. The van der Waals surface area contributed by atoms with Crippen molar-refractivity contribution in [3.8, 4) is 0 Å². The fourth-order valence-corrected chi connectivity index (χ4v) is 3.10. The monoisotopic (exact) mass is 384 g/mol. The van der Waals surface area contributed by atoms with Crippen LogP contribution in [0.4, 0.5) is 30.8 Å². The number of nitrogens with zero attached hydrogens (tertiary/aromatic N) is 4. The maximum atomic E-state index is 12.8. The van der Waals surface area contributed by atoms with E-state index in [0.29, 0.717) is 23.8 Å². The van der Waals surface area contributed by atoms with Crippen LogP contribution in [0.5, 0.6) is 0 Å². The van der Waals surface area contributed by atoms with Gasteiger partial charge in [-0.25, -0.2) is 0 Å². The minimum atomic E-state index is -4.52. The van der Waals surface area contributed by atoms with Gasteiger partial charge in [-0.05, 0) is 61.3 Å². The molecule has 0 spiro atoms. The van der Waals surface area contributed by atoms with Crippen molar-refractivity contribution in [1.29, 1.82) is 0 Å². The molecule has 0 aromatic carbocycles. The van der Waals surface area contributed by atoms with Crippen molar-refractivity contribution in [3.05, 3.63) is 29.3 Å². The Labute approximate surface area is 152 Å². The van der Waals surface area contributed by atoms with Crippen molar-refractivity contribution < 1.29 is 13.2 Å². The summed E-state index contributed by atoms with van der Waals surface area (Å²) in [6, 6.07) is 2.61. The number of rotatable bonds is 6. The van der Waals surface area contributed by atoms with Crippen LogP contribution in [0.1, 0.15) is 31.4 Å². The standard InChI is InChI=1S/C16H16ClF3N6/c17-13-24-14(22-10-5-6-21-11(7-10)16(18,19)20)26-15(25-13)23-12(8-1-2-8)9-3-4-9/h5-9,12H,1-4H2,(H2,21,22,23,24,25,26). The zero-order chi connectivity index (χ0) is 18.3. The van der Waals surface area contributed by atoms with Gasteiger partial charge in [0.15, 0.2) is 0 Å². The van der Waals surface area contributed by atoms with Gasteiger partial charge < -0.3 is 10.6 Å². The molecule has 26 heavy (non-hydrogen) atoms. The number of hydrogen-bond donors (Lipinski definition) is 2.